The molecule has 0 radical (unpaired) electrons. The zero-order valence-corrected chi connectivity index (χ0v) is 11.2. The van der Waals surface area contributed by atoms with Crippen molar-refractivity contribution in [3.05, 3.63) is 69.3 Å². The Morgan fingerprint density at radius 1 is 1.06 bits per heavy atom. The predicted octanol–water partition coefficient (Wildman–Crippen LogP) is 3.19. The van der Waals surface area contributed by atoms with Crippen LogP contribution in [0.2, 0.25) is 0 Å². The van der Waals surface area contributed by atoms with E-state index in [4.69, 9.17) is 4.99 Å². The lowest BCUT2D eigenvalue weighted by Crippen LogP contribution is -2.23. The molecule has 0 saturated heterocycles. The number of fused-ring (bicyclic) bond motifs is 4. The van der Waals surface area contributed by atoms with Gasteiger partial charge in [-0.3, -0.25) is 0 Å². The third-order valence-corrected chi connectivity index (χ3v) is 4.19. The Bertz CT molecular complexity index is 856. The lowest BCUT2D eigenvalue weighted by atomic mass is 10.0. The van der Waals surface area contributed by atoms with E-state index in [1.807, 2.05) is 0 Å². The molecule has 1 aliphatic heterocycles. The van der Waals surface area contributed by atoms with Gasteiger partial charge in [0, 0.05) is 15.1 Å². The minimum Gasteiger partial charge on any atom is -0.246 e. The van der Waals surface area contributed by atoms with E-state index in [0.29, 0.717) is 0 Å². The Morgan fingerprint density at radius 3 is 2.89 bits per heavy atom. The molecule has 2 aromatic carbocycles. The van der Waals surface area contributed by atoms with Crippen LogP contribution < -0.4 is 10.6 Å². The topological polar surface area (TPSA) is 12.4 Å². The summed E-state index contributed by atoms with van der Waals surface area (Å²) in [6.45, 7) is 0. The molecule has 1 aliphatic carbocycles. The summed E-state index contributed by atoms with van der Waals surface area (Å²) in [5, 5.41) is 4.90. The van der Waals surface area contributed by atoms with E-state index in [0.717, 1.165) is 22.0 Å². The van der Waals surface area contributed by atoms with Crippen molar-refractivity contribution < 1.29 is 0 Å². The van der Waals surface area contributed by atoms with Gasteiger partial charge in [-0.25, -0.2) is 4.99 Å². The summed E-state index contributed by atoms with van der Waals surface area (Å²) in [7, 11) is 0. The summed E-state index contributed by atoms with van der Waals surface area (Å²) in [5.41, 5.74) is 2.44. The average Bonchev–Trinajstić information content (AvgIpc) is 2.79. The van der Waals surface area contributed by atoms with Gasteiger partial charge in [0.05, 0.1) is 11.1 Å². The van der Waals surface area contributed by atoms with Crippen molar-refractivity contribution in [2.75, 3.05) is 0 Å². The first-order valence-electron chi connectivity index (χ1n) is 6.01. The third kappa shape index (κ3) is 1.30. The number of hydrogen-bond acceptors (Lipinski definition) is 1. The molecule has 0 bridgehead atoms. The molecule has 18 heavy (non-hydrogen) atoms. The molecule has 0 spiro atoms. The molecule has 2 aromatic rings. The molecule has 2 aliphatic rings. The molecule has 1 heterocycles. The molecular weight excluding hydrogens is 286 g/mol. The lowest BCUT2D eigenvalue weighted by molar-refractivity contribution is 1.27. The predicted molar refractivity (Wildman–Crippen MR) is 77.8 cm³/mol. The molecule has 0 unspecified atom stereocenters. The van der Waals surface area contributed by atoms with Gasteiger partial charge in [0.15, 0.2) is 0 Å². The summed E-state index contributed by atoms with van der Waals surface area (Å²) >= 11 is 3.60. The molecule has 0 atom stereocenters. The van der Waals surface area contributed by atoms with E-state index in [9.17, 15) is 0 Å². The van der Waals surface area contributed by atoms with E-state index in [-0.39, 0.29) is 0 Å². The van der Waals surface area contributed by atoms with Gasteiger partial charge in [-0.05, 0) is 39.4 Å². The van der Waals surface area contributed by atoms with Crippen LogP contribution in [-0.2, 0) is 0 Å². The number of allylic oxidation sites excluding steroid dienone is 4. The van der Waals surface area contributed by atoms with Crippen molar-refractivity contribution in [2.45, 2.75) is 6.42 Å². The SMILES string of the molecule is BrC1=C2N=c3c(ccc4ccccc34)=C2CC=C1. The summed E-state index contributed by atoms with van der Waals surface area (Å²) < 4.78 is 1.09. The standard InChI is InChI=1S/C16H10BrN/c17-14-7-3-6-12-13-9-8-10-4-1-2-5-11(10)15(13)18-16(12)14/h1-5,7-9H,6H2. The van der Waals surface area contributed by atoms with Gasteiger partial charge in [-0.2, -0.15) is 0 Å². The van der Waals surface area contributed by atoms with Gasteiger partial charge in [0.25, 0.3) is 0 Å². The molecule has 0 saturated carbocycles. The van der Waals surface area contributed by atoms with E-state index in [1.165, 1.54) is 21.6 Å². The molecular formula is C16H10BrN. The Balaban J connectivity index is 2.24. The largest absolute Gasteiger partial charge is 0.246 e. The molecule has 0 N–H and O–H groups in total. The smallest absolute Gasteiger partial charge is 0.0821 e. The minimum absolute atomic E-state index is 0.972. The van der Waals surface area contributed by atoms with Crippen LogP contribution in [0, 0.1) is 0 Å². The van der Waals surface area contributed by atoms with Crippen LogP contribution in [0.1, 0.15) is 6.42 Å². The zero-order valence-electron chi connectivity index (χ0n) is 9.65. The first-order valence-corrected chi connectivity index (χ1v) is 6.80. The van der Waals surface area contributed by atoms with Crippen LogP contribution in [0.3, 0.4) is 0 Å². The number of nitrogens with zero attached hydrogens (tertiary/aromatic N) is 1. The number of halogens is 1. The van der Waals surface area contributed by atoms with E-state index < -0.39 is 0 Å². The third-order valence-electron chi connectivity index (χ3n) is 3.55. The van der Waals surface area contributed by atoms with Crippen molar-refractivity contribution in [3.8, 4) is 0 Å². The van der Waals surface area contributed by atoms with Crippen LogP contribution >= 0.6 is 15.9 Å². The highest BCUT2D eigenvalue weighted by Gasteiger charge is 2.18. The normalized spacial score (nSPS) is 16.8. The van der Waals surface area contributed by atoms with Crippen LogP contribution in [0.15, 0.2) is 63.7 Å². The first-order chi connectivity index (χ1) is 8.84. The second kappa shape index (κ2) is 3.66. The van der Waals surface area contributed by atoms with Gasteiger partial charge in [-0.1, -0.05) is 42.5 Å². The van der Waals surface area contributed by atoms with Crippen LogP contribution in [-0.4, -0.2) is 0 Å². The highest BCUT2D eigenvalue weighted by molar-refractivity contribution is 9.11. The summed E-state index contributed by atoms with van der Waals surface area (Å²) in [6, 6.07) is 12.8. The molecule has 1 nitrogen and oxygen atoms in total. The van der Waals surface area contributed by atoms with E-state index in [1.54, 1.807) is 0 Å². The van der Waals surface area contributed by atoms with Crippen molar-refractivity contribution in [1.82, 2.24) is 0 Å². The molecule has 0 aromatic heterocycles. The number of rotatable bonds is 0. The maximum absolute atomic E-state index is 4.83. The number of hydrogen-bond donors (Lipinski definition) is 0. The van der Waals surface area contributed by atoms with Crippen molar-refractivity contribution >= 4 is 32.3 Å². The second-order valence-corrected chi connectivity index (χ2v) is 5.43. The molecule has 86 valence electrons. The van der Waals surface area contributed by atoms with Crippen LogP contribution in [0.5, 0.6) is 0 Å². The Morgan fingerprint density at radius 2 is 1.94 bits per heavy atom. The average molecular weight is 296 g/mol. The highest BCUT2D eigenvalue weighted by Crippen LogP contribution is 2.30. The van der Waals surface area contributed by atoms with Crippen LogP contribution in [0.25, 0.3) is 16.3 Å². The number of benzene rings is 2. The maximum atomic E-state index is 4.83. The van der Waals surface area contributed by atoms with Gasteiger partial charge in [0.2, 0.25) is 0 Å². The van der Waals surface area contributed by atoms with Crippen LogP contribution in [0.4, 0.5) is 0 Å². The summed E-state index contributed by atoms with van der Waals surface area (Å²) in [6.07, 6.45) is 5.25. The van der Waals surface area contributed by atoms with Crippen molar-refractivity contribution in [3.63, 3.8) is 0 Å². The van der Waals surface area contributed by atoms with Crippen molar-refractivity contribution in [1.29, 1.82) is 0 Å². The fraction of sp³-hybridized carbons (Fsp3) is 0.0625. The molecule has 4 rings (SSSR count). The van der Waals surface area contributed by atoms with E-state index >= 15 is 0 Å². The summed E-state index contributed by atoms with van der Waals surface area (Å²) in [4.78, 5) is 4.83. The highest BCUT2D eigenvalue weighted by atomic mass is 79.9. The van der Waals surface area contributed by atoms with Gasteiger partial charge < -0.3 is 0 Å². The quantitative estimate of drug-likeness (QED) is 0.708. The lowest BCUT2D eigenvalue weighted by Gasteiger charge is -2.07. The Hall–Kier alpha value is -1.67. The fourth-order valence-corrected chi connectivity index (χ4v) is 3.20. The molecule has 0 fully saturated rings. The summed E-state index contributed by atoms with van der Waals surface area (Å²) in [5.74, 6) is 0. The fourth-order valence-electron chi connectivity index (χ4n) is 2.69. The monoisotopic (exact) mass is 295 g/mol. The Kier molecular flexibility index (Phi) is 2.09. The minimum atomic E-state index is 0.972. The molecule has 0 amide bonds. The molecule has 2 heteroatoms. The van der Waals surface area contributed by atoms with E-state index in [2.05, 4.69) is 64.5 Å². The maximum Gasteiger partial charge on any atom is 0.0821 e. The van der Waals surface area contributed by atoms with Crippen molar-refractivity contribution in [2.24, 2.45) is 4.99 Å². The van der Waals surface area contributed by atoms with Gasteiger partial charge in [-0.15, -0.1) is 0 Å². The first kappa shape index (κ1) is 10.3. The second-order valence-electron chi connectivity index (χ2n) is 4.58. The zero-order chi connectivity index (χ0) is 12.1. The Labute approximate surface area is 113 Å². The van der Waals surface area contributed by atoms with Gasteiger partial charge >= 0.3 is 0 Å². The van der Waals surface area contributed by atoms with Gasteiger partial charge in [0.1, 0.15) is 0 Å².